The number of aliphatic carboxylic acids is 1. The number of nitrogens with one attached hydrogen (secondary N) is 4. The van der Waals surface area contributed by atoms with Crippen molar-refractivity contribution in [2.24, 2.45) is 23.3 Å². The van der Waals surface area contributed by atoms with Gasteiger partial charge in [-0.25, -0.2) is 9.78 Å². The first-order chi connectivity index (χ1) is 17.0. The number of aromatic amines is 1. The first kappa shape index (κ1) is 31.0. The van der Waals surface area contributed by atoms with Crippen molar-refractivity contribution < 1.29 is 24.3 Å². The summed E-state index contributed by atoms with van der Waals surface area (Å²) in [6.45, 7) is 7.77. The van der Waals surface area contributed by atoms with Crippen LogP contribution in [0, 0.1) is 11.8 Å². The van der Waals surface area contributed by atoms with Crippen molar-refractivity contribution in [3.8, 4) is 0 Å². The van der Waals surface area contributed by atoms with E-state index < -0.39 is 47.9 Å². The van der Waals surface area contributed by atoms with Crippen LogP contribution in [0.2, 0.25) is 0 Å². The number of H-pyrrole nitrogens is 1. The third-order valence-electron chi connectivity index (χ3n) is 6.53. The van der Waals surface area contributed by atoms with Gasteiger partial charge in [-0.1, -0.05) is 40.5 Å². The first-order valence-corrected chi connectivity index (χ1v) is 12.6. The van der Waals surface area contributed by atoms with Crippen LogP contribution in [0.5, 0.6) is 0 Å². The molecule has 0 aliphatic rings. The van der Waals surface area contributed by atoms with E-state index >= 15 is 0 Å². The molecular formula is C24H43N7O5. The lowest BCUT2D eigenvalue weighted by atomic mass is 9.98. The van der Waals surface area contributed by atoms with E-state index in [1.165, 1.54) is 12.5 Å². The number of nitrogens with two attached hydrogens (primary N) is 2. The first-order valence-electron chi connectivity index (χ1n) is 12.6. The lowest BCUT2D eigenvalue weighted by molar-refractivity contribution is -0.143. The molecule has 6 atom stereocenters. The molecule has 0 fully saturated rings. The lowest BCUT2D eigenvalue weighted by Crippen LogP contribution is -2.58. The van der Waals surface area contributed by atoms with Gasteiger partial charge in [-0.2, -0.15) is 0 Å². The summed E-state index contributed by atoms with van der Waals surface area (Å²) in [4.78, 5) is 57.6. The van der Waals surface area contributed by atoms with Crippen LogP contribution >= 0.6 is 0 Å². The lowest BCUT2D eigenvalue weighted by Gasteiger charge is -2.27. The number of carbonyl (C=O) groups excluding carboxylic acids is 3. The largest absolute Gasteiger partial charge is 0.480 e. The molecule has 0 aromatic carbocycles. The number of hydrogen-bond acceptors (Lipinski definition) is 7. The molecule has 3 amide bonds. The van der Waals surface area contributed by atoms with Crippen LogP contribution < -0.4 is 27.4 Å². The molecule has 12 nitrogen and oxygen atoms in total. The van der Waals surface area contributed by atoms with Gasteiger partial charge in [-0.3, -0.25) is 14.4 Å². The van der Waals surface area contributed by atoms with Gasteiger partial charge in [-0.05, 0) is 37.6 Å². The number of unbranched alkanes of at least 4 members (excludes halogenated alkanes) is 1. The summed E-state index contributed by atoms with van der Waals surface area (Å²) >= 11 is 0. The van der Waals surface area contributed by atoms with E-state index in [0.717, 1.165) is 0 Å². The van der Waals surface area contributed by atoms with Gasteiger partial charge in [0.25, 0.3) is 0 Å². The van der Waals surface area contributed by atoms with E-state index in [-0.39, 0.29) is 18.3 Å². The van der Waals surface area contributed by atoms with Gasteiger partial charge in [0.2, 0.25) is 17.7 Å². The second-order valence-electron chi connectivity index (χ2n) is 9.31. The molecule has 1 aromatic heterocycles. The van der Waals surface area contributed by atoms with Gasteiger partial charge in [0.15, 0.2) is 0 Å². The fourth-order valence-corrected chi connectivity index (χ4v) is 3.58. The number of carboxylic acids is 1. The molecule has 9 N–H and O–H groups in total. The molecule has 1 heterocycles. The van der Waals surface area contributed by atoms with Gasteiger partial charge >= 0.3 is 5.97 Å². The molecule has 6 unspecified atom stereocenters. The van der Waals surface area contributed by atoms with Crippen molar-refractivity contribution in [3.63, 3.8) is 0 Å². The summed E-state index contributed by atoms with van der Waals surface area (Å²) < 4.78 is 0. The molecule has 0 saturated heterocycles. The summed E-state index contributed by atoms with van der Waals surface area (Å²) in [5, 5.41) is 17.5. The summed E-state index contributed by atoms with van der Waals surface area (Å²) in [5.74, 6) is -3.21. The molecular weight excluding hydrogens is 466 g/mol. The highest BCUT2D eigenvalue weighted by molar-refractivity contribution is 5.94. The zero-order valence-electron chi connectivity index (χ0n) is 21.8. The highest BCUT2D eigenvalue weighted by Crippen LogP contribution is 2.11. The highest BCUT2D eigenvalue weighted by Gasteiger charge is 2.32. The van der Waals surface area contributed by atoms with E-state index in [9.17, 15) is 24.3 Å². The molecule has 204 valence electrons. The van der Waals surface area contributed by atoms with E-state index in [1.54, 1.807) is 6.92 Å². The maximum atomic E-state index is 13.3. The summed E-state index contributed by atoms with van der Waals surface area (Å²) in [7, 11) is 0. The number of carboxylic acid groups (broad SMARTS) is 1. The van der Waals surface area contributed by atoms with Crippen LogP contribution in [0.4, 0.5) is 0 Å². The van der Waals surface area contributed by atoms with Crippen molar-refractivity contribution in [2.75, 3.05) is 6.54 Å². The van der Waals surface area contributed by atoms with Crippen LogP contribution in [0.1, 0.15) is 65.5 Å². The number of imidazole rings is 1. The van der Waals surface area contributed by atoms with Crippen LogP contribution in [0.3, 0.4) is 0 Å². The molecule has 36 heavy (non-hydrogen) atoms. The minimum atomic E-state index is -1.16. The summed E-state index contributed by atoms with van der Waals surface area (Å²) in [5.41, 5.74) is 12.2. The van der Waals surface area contributed by atoms with Crippen LogP contribution in [-0.2, 0) is 25.6 Å². The Balaban J connectivity index is 3.10. The van der Waals surface area contributed by atoms with Crippen molar-refractivity contribution in [2.45, 2.75) is 90.4 Å². The van der Waals surface area contributed by atoms with Gasteiger partial charge in [0.1, 0.15) is 18.1 Å². The fraction of sp³-hybridized carbons (Fsp3) is 0.708. The second-order valence-corrected chi connectivity index (χ2v) is 9.31. The number of aromatic nitrogens is 2. The van der Waals surface area contributed by atoms with E-state index in [1.807, 2.05) is 20.8 Å². The van der Waals surface area contributed by atoms with Crippen molar-refractivity contribution in [3.05, 3.63) is 18.2 Å². The summed E-state index contributed by atoms with van der Waals surface area (Å²) in [6, 6.07) is -3.92. The Labute approximate surface area is 212 Å². The Hall–Kier alpha value is -2.99. The molecule has 1 rings (SSSR count). The average molecular weight is 510 g/mol. The van der Waals surface area contributed by atoms with Crippen LogP contribution in [-0.4, -0.2) is 69.5 Å². The average Bonchev–Trinajstić information content (AvgIpc) is 3.37. The Morgan fingerprint density at radius 2 is 1.58 bits per heavy atom. The Morgan fingerprint density at radius 1 is 0.972 bits per heavy atom. The summed E-state index contributed by atoms with van der Waals surface area (Å²) in [6.07, 6.45) is 5.81. The fourth-order valence-electron chi connectivity index (χ4n) is 3.58. The standard InChI is InChI=1S/C24H43N7O5/c1-5-14(3)19(26)23(34)29-17(9-7-8-10-25)21(32)30-18(11-16-12-27-13-28-16)22(33)31-20(24(35)36)15(4)6-2/h12-15,17-20H,5-11,25-26H2,1-4H3,(H,27,28)(H,29,34)(H,30,32)(H,31,33)(H,35,36). The predicted molar refractivity (Wildman–Crippen MR) is 136 cm³/mol. The van der Waals surface area contributed by atoms with Crippen molar-refractivity contribution >= 4 is 23.7 Å². The van der Waals surface area contributed by atoms with Crippen LogP contribution in [0.15, 0.2) is 12.5 Å². The molecule has 0 aliphatic carbocycles. The number of rotatable bonds is 17. The number of amides is 3. The Bertz CT molecular complexity index is 833. The van der Waals surface area contributed by atoms with Crippen LogP contribution in [0.25, 0.3) is 0 Å². The molecule has 0 aliphatic heterocycles. The minimum Gasteiger partial charge on any atom is -0.480 e. The van der Waals surface area contributed by atoms with Gasteiger partial charge < -0.3 is 37.5 Å². The number of nitrogens with zero attached hydrogens (tertiary/aromatic N) is 1. The molecule has 0 radical (unpaired) electrons. The van der Waals surface area contributed by atoms with E-state index in [2.05, 4.69) is 25.9 Å². The van der Waals surface area contributed by atoms with Gasteiger partial charge in [0.05, 0.1) is 12.4 Å². The number of carbonyl (C=O) groups is 4. The monoisotopic (exact) mass is 509 g/mol. The zero-order valence-corrected chi connectivity index (χ0v) is 21.8. The smallest absolute Gasteiger partial charge is 0.326 e. The normalized spacial score (nSPS) is 16.2. The minimum absolute atomic E-state index is 0.0558. The molecule has 0 bridgehead atoms. The molecule has 0 spiro atoms. The highest BCUT2D eigenvalue weighted by atomic mass is 16.4. The molecule has 12 heteroatoms. The Morgan fingerprint density at radius 3 is 2.11 bits per heavy atom. The van der Waals surface area contributed by atoms with Gasteiger partial charge in [0, 0.05) is 18.3 Å². The van der Waals surface area contributed by atoms with E-state index in [0.29, 0.717) is 44.3 Å². The topological polar surface area (TPSA) is 205 Å². The van der Waals surface area contributed by atoms with Crippen molar-refractivity contribution in [1.29, 1.82) is 0 Å². The van der Waals surface area contributed by atoms with Gasteiger partial charge in [-0.15, -0.1) is 0 Å². The molecule has 0 saturated carbocycles. The number of hydrogen-bond donors (Lipinski definition) is 7. The SMILES string of the molecule is CCC(C)C(N)C(=O)NC(CCCCN)C(=O)NC(Cc1cnc[nH]1)C(=O)NC(C(=O)O)C(C)CC. The van der Waals surface area contributed by atoms with Crippen molar-refractivity contribution in [1.82, 2.24) is 25.9 Å². The quantitative estimate of drug-likeness (QED) is 0.142. The Kier molecular flexibility index (Phi) is 13.7. The maximum Gasteiger partial charge on any atom is 0.326 e. The zero-order chi connectivity index (χ0) is 27.3. The third-order valence-corrected chi connectivity index (χ3v) is 6.53. The maximum absolute atomic E-state index is 13.3. The molecule has 1 aromatic rings. The third kappa shape index (κ3) is 9.94. The second kappa shape index (κ2) is 15.9. The predicted octanol–water partition coefficient (Wildman–Crippen LogP) is 0.0397. The van der Waals surface area contributed by atoms with E-state index in [4.69, 9.17) is 11.5 Å².